The fourth-order valence-corrected chi connectivity index (χ4v) is 2.76. The van der Waals surface area contributed by atoms with E-state index in [4.69, 9.17) is 4.42 Å². The first kappa shape index (κ1) is 16.9. The number of oxazole rings is 1. The van der Waals surface area contributed by atoms with Gasteiger partial charge in [-0.25, -0.2) is 9.55 Å². The number of hydrogen-bond donors (Lipinski definition) is 0. The van der Waals surface area contributed by atoms with E-state index >= 15 is 0 Å². The number of imidazole rings is 1. The van der Waals surface area contributed by atoms with Crippen LogP contribution in [0.2, 0.25) is 0 Å². The lowest BCUT2D eigenvalue weighted by Crippen LogP contribution is -2.35. The van der Waals surface area contributed by atoms with E-state index < -0.39 is 0 Å². The van der Waals surface area contributed by atoms with Gasteiger partial charge in [0.2, 0.25) is 5.89 Å². The highest BCUT2D eigenvalue weighted by Crippen LogP contribution is 2.15. The van der Waals surface area contributed by atoms with E-state index in [1.54, 1.807) is 11.9 Å². The Hall–Kier alpha value is -1.50. The Bertz CT molecular complexity index is 721. The highest BCUT2D eigenvalue weighted by Gasteiger charge is 2.18. The first-order valence-electron chi connectivity index (χ1n) is 6.72. The summed E-state index contributed by atoms with van der Waals surface area (Å²) in [7, 11) is 1.39. The molecule has 0 aliphatic heterocycles. The molecule has 2 heterocycles. The van der Waals surface area contributed by atoms with E-state index in [1.807, 2.05) is 24.3 Å². The number of benzene rings is 1. The quantitative estimate of drug-likeness (QED) is 0.684. The lowest BCUT2D eigenvalue weighted by atomic mass is 10.3. The van der Waals surface area contributed by atoms with Gasteiger partial charge < -0.3 is 4.42 Å². The summed E-state index contributed by atoms with van der Waals surface area (Å²) in [5.74, 6) is 0.743. The highest BCUT2D eigenvalue weighted by atomic mass is 35.5. The van der Waals surface area contributed by atoms with Gasteiger partial charge in [0, 0.05) is 20.1 Å². The summed E-state index contributed by atoms with van der Waals surface area (Å²) in [6, 6.07) is 7.85. The van der Waals surface area contributed by atoms with Crippen molar-refractivity contribution >= 4 is 34.9 Å². The van der Waals surface area contributed by atoms with E-state index in [2.05, 4.69) is 56.1 Å². The molecule has 118 valence electrons. The number of fused-ring (bicyclic) bond motifs is 1. The SMILES string of the molecule is COCl.CSn1c[n+](Cc2nc3ccccc3o2)c(C)c1C. The smallest absolute Gasteiger partial charge is 0.256 e. The van der Waals surface area contributed by atoms with Crippen LogP contribution in [0.4, 0.5) is 0 Å². The second kappa shape index (κ2) is 7.67. The Morgan fingerprint density at radius 1 is 1.36 bits per heavy atom. The molecule has 0 unspecified atom stereocenters. The summed E-state index contributed by atoms with van der Waals surface area (Å²) < 4.78 is 13.8. The molecule has 0 spiro atoms. The second-order valence-electron chi connectivity index (χ2n) is 4.65. The normalized spacial score (nSPS) is 10.6. The molecule has 0 radical (unpaired) electrons. The van der Waals surface area contributed by atoms with Crippen LogP contribution in [-0.4, -0.2) is 22.3 Å². The van der Waals surface area contributed by atoms with Crippen molar-refractivity contribution in [1.82, 2.24) is 8.96 Å². The lowest BCUT2D eigenvalue weighted by molar-refractivity contribution is -0.695. The average molecular weight is 341 g/mol. The average Bonchev–Trinajstić information content (AvgIpc) is 3.03. The van der Waals surface area contributed by atoms with Gasteiger partial charge in [-0.15, -0.1) is 0 Å². The zero-order valence-electron chi connectivity index (χ0n) is 13.0. The minimum atomic E-state index is 0.662. The zero-order chi connectivity index (χ0) is 16.1. The molecule has 0 saturated carbocycles. The van der Waals surface area contributed by atoms with Gasteiger partial charge in [0.05, 0.1) is 30.9 Å². The predicted octanol–water partition coefficient (Wildman–Crippen LogP) is 3.49. The number of hydrogen-bond acceptors (Lipinski definition) is 4. The van der Waals surface area contributed by atoms with Gasteiger partial charge in [-0.1, -0.05) is 12.1 Å². The molecule has 0 aliphatic rings. The van der Waals surface area contributed by atoms with Gasteiger partial charge in [0.15, 0.2) is 17.8 Å². The van der Waals surface area contributed by atoms with Crippen molar-refractivity contribution in [3.63, 3.8) is 0 Å². The molecule has 0 amide bonds. The van der Waals surface area contributed by atoms with Crippen molar-refractivity contribution < 1.29 is 13.3 Å². The maximum atomic E-state index is 5.76. The van der Waals surface area contributed by atoms with Gasteiger partial charge >= 0.3 is 0 Å². The van der Waals surface area contributed by atoms with Crippen LogP contribution in [-0.2, 0) is 10.8 Å². The maximum absolute atomic E-state index is 5.76. The minimum absolute atomic E-state index is 0.662. The van der Waals surface area contributed by atoms with E-state index in [1.165, 1.54) is 18.5 Å². The van der Waals surface area contributed by atoms with Crippen molar-refractivity contribution in [2.45, 2.75) is 20.4 Å². The molecule has 0 bridgehead atoms. The van der Waals surface area contributed by atoms with Gasteiger partial charge in [-0.3, -0.25) is 4.29 Å². The van der Waals surface area contributed by atoms with Crippen LogP contribution in [0.1, 0.15) is 17.3 Å². The van der Waals surface area contributed by atoms with Crippen LogP contribution in [0.15, 0.2) is 35.0 Å². The largest absolute Gasteiger partial charge is 0.437 e. The van der Waals surface area contributed by atoms with Crippen molar-refractivity contribution in [2.75, 3.05) is 13.4 Å². The summed E-state index contributed by atoms with van der Waals surface area (Å²) in [6.45, 7) is 4.90. The van der Waals surface area contributed by atoms with Gasteiger partial charge in [-0.05, 0) is 12.1 Å². The van der Waals surface area contributed by atoms with Gasteiger partial charge in [0.1, 0.15) is 11.2 Å². The van der Waals surface area contributed by atoms with E-state index in [0.717, 1.165) is 17.0 Å². The fourth-order valence-electron chi connectivity index (χ4n) is 2.14. The van der Waals surface area contributed by atoms with Crippen LogP contribution in [0, 0.1) is 13.8 Å². The summed E-state index contributed by atoms with van der Waals surface area (Å²) in [6.07, 6.45) is 4.15. The van der Waals surface area contributed by atoms with Crippen LogP contribution in [0.5, 0.6) is 0 Å². The second-order valence-corrected chi connectivity index (χ2v) is 5.72. The summed E-state index contributed by atoms with van der Waals surface area (Å²) >= 11 is 6.19. The molecule has 0 fully saturated rings. The third kappa shape index (κ3) is 3.63. The van der Waals surface area contributed by atoms with E-state index in [-0.39, 0.29) is 0 Å². The molecule has 0 saturated heterocycles. The number of rotatable bonds is 3. The topological polar surface area (TPSA) is 44.1 Å². The molecule has 0 atom stereocenters. The molecule has 7 heteroatoms. The standard InChI is InChI=1S/C14H16N3OS.CH3ClO/c1-10-11(2)17(19-3)9-16(10)8-14-15-12-6-4-5-7-13(12)18-14;1-3-2/h4-7,9H,8H2,1-3H3;1H3/q+1;. The monoisotopic (exact) mass is 340 g/mol. The third-order valence-corrected chi connectivity index (χ3v) is 4.13. The van der Waals surface area contributed by atoms with Crippen LogP contribution >= 0.6 is 23.8 Å². The molecule has 0 aliphatic carbocycles. The molecule has 3 rings (SSSR count). The highest BCUT2D eigenvalue weighted by molar-refractivity contribution is 7.97. The molecule has 2 aromatic heterocycles. The fraction of sp³-hybridized carbons (Fsp3) is 0.333. The van der Waals surface area contributed by atoms with Crippen molar-refractivity contribution in [2.24, 2.45) is 0 Å². The first-order chi connectivity index (χ1) is 10.6. The van der Waals surface area contributed by atoms with Gasteiger partial charge in [-0.2, -0.15) is 3.97 Å². The molecular formula is C15H19ClN3O2S+. The summed E-state index contributed by atoms with van der Waals surface area (Å²) in [5, 5.41) is 0. The minimum Gasteiger partial charge on any atom is -0.437 e. The Morgan fingerprint density at radius 3 is 2.64 bits per heavy atom. The Kier molecular flexibility index (Phi) is 5.88. The van der Waals surface area contributed by atoms with Crippen LogP contribution in [0.3, 0.4) is 0 Å². The Morgan fingerprint density at radius 2 is 2.05 bits per heavy atom. The zero-order valence-corrected chi connectivity index (χ0v) is 14.6. The maximum Gasteiger partial charge on any atom is 0.256 e. The molecule has 0 N–H and O–H groups in total. The van der Waals surface area contributed by atoms with Crippen molar-refractivity contribution in [3.05, 3.63) is 47.9 Å². The summed E-state index contributed by atoms with van der Waals surface area (Å²) in [4.78, 5) is 4.51. The van der Waals surface area contributed by atoms with E-state index in [0.29, 0.717) is 6.54 Å². The molecular weight excluding hydrogens is 322 g/mol. The molecule has 1 aromatic carbocycles. The van der Waals surface area contributed by atoms with Crippen molar-refractivity contribution in [3.8, 4) is 0 Å². The van der Waals surface area contributed by atoms with Crippen LogP contribution < -0.4 is 4.57 Å². The molecule has 5 nitrogen and oxygen atoms in total. The Balaban J connectivity index is 0.000000545. The number of nitrogens with zero attached hydrogens (tertiary/aromatic N) is 3. The van der Waals surface area contributed by atoms with Crippen LogP contribution in [0.25, 0.3) is 11.1 Å². The molecule has 3 aromatic rings. The third-order valence-electron chi connectivity index (χ3n) is 3.37. The summed E-state index contributed by atoms with van der Waals surface area (Å²) in [5.41, 5.74) is 4.24. The lowest BCUT2D eigenvalue weighted by Gasteiger charge is -1.93. The Labute approximate surface area is 139 Å². The first-order valence-corrected chi connectivity index (χ1v) is 8.21. The predicted molar refractivity (Wildman–Crippen MR) is 89.0 cm³/mol. The number of aromatic nitrogens is 3. The number of para-hydroxylation sites is 2. The van der Waals surface area contributed by atoms with Crippen molar-refractivity contribution in [1.29, 1.82) is 0 Å². The van der Waals surface area contributed by atoms with Gasteiger partial charge in [0.25, 0.3) is 6.33 Å². The number of halogens is 1. The molecule has 22 heavy (non-hydrogen) atoms. The van der Waals surface area contributed by atoms with E-state index in [9.17, 15) is 0 Å².